The molecule has 2 aromatic rings. The van der Waals surface area contributed by atoms with Crippen molar-refractivity contribution >= 4 is 26.0 Å². The minimum absolute atomic E-state index is 0.00648. The third-order valence-corrected chi connectivity index (χ3v) is 10.9. The van der Waals surface area contributed by atoms with Gasteiger partial charge in [-0.2, -0.15) is 4.31 Å². The van der Waals surface area contributed by atoms with E-state index in [9.17, 15) is 34.8 Å². The Hall–Kier alpha value is -2.52. The summed E-state index contributed by atoms with van der Waals surface area (Å²) >= 11 is 0. The highest BCUT2D eigenvalue weighted by Crippen LogP contribution is 2.42. The molecule has 9 nitrogen and oxygen atoms in total. The summed E-state index contributed by atoms with van der Waals surface area (Å²) in [5, 5.41) is 2.52. The molecule has 4 N–H and O–H groups in total. The lowest BCUT2D eigenvalue weighted by Crippen LogP contribution is -2.51. The molecule has 220 valence electrons. The second-order valence-corrected chi connectivity index (χ2v) is 14.2. The monoisotopic (exact) mass is 602 g/mol. The highest BCUT2D eigenvalue weighted by molar-refractivity contribution is 7.90. The van der Waals surface area contributed by atoms with Gasteiger partial charge in [-0.1, -0.05) is 18.2 Å². The van der Waals surface area contributed by atoms with Crippen LogP contribution in [0, 0.1) is 23.4 Å². The van der Waals surface area contributed by atoms with E-state index in [1.165, 1.54) is 4.31 Å². The molecule has 40 heavy (non-hydrogen) atoms. The number of halogens is 3. The lowest BCUT2D eigenvalue weighted by atomic mass is 9.83. The molecule has 0 aliphatic carbocycles. The quantitative estimate of drug-likeness (QED) is 0.317. The van der Waals surface area contributed by atoms with Gasteiger partial charge in [0.25, 0.3) is 5.91 Å². The Morgan fingerprint density at radius 3 is 2.20 bits per heavy atom. The zero-order valence-corrected chi connectivity index (χ0v) is 23.4. The van der Waals surface area contributed by atoms with Crippen LogP contribution in [0.3, 0.4) is 0 Å². The van der Waals surface area contributed by atoms with E-state index in [0.29, 0.717) is 37.3 Å². The lowest BCUT2D eigenvalue weighted by molar-refractivity contribution is 0.0956. The van der Waals surface area contributed by atoms with Crippen molar-refractivity contribution in [3.05, 3.63) is 71.0 Å². The Labute approximate surface area is 232 Å². The second-order valence-electron chi connectivity index (χ2n) is 10.3. The van der Waals surface area contributed by atoms with E-state index in [-0.39, 0.29) is 43.1 Å². The number of carbonyl (C=O) groups excluding carboxylic acids is 1. The van der Waals surface area contributed by atoms with E-state index in [1.54, 1.807) is 30.3 Å². The van der Waals surface area contributed by atoms with Gasteiger partial charge in [0.05, 0.1) is 11.5 Å². The van der Waals surface area contributed by atoms with Crippen molar-refractivity contribution in [1.82, 2.24) is 14.3 Å². The minimum atomic E-state index is -3.83. The Morgan fingerprint density at radius 2 is 1.55 bits per heavy atom. The predicted molar refractivity (Wildman–Crippen MR) is 144 cm³/mol. The molecule has 1 amide bonds. The number of fused-ring (bicyclic) bond motifs is 2. The number of rotatable bonds is 12. The largest absolute Gasteiger partial charge is 0.351 e. The average Bonchev–Trinajstić information content (AvgIpc) is 3.18. The van der Waals surface area contributed by atoms with Crippen LogP contribution in [0.1, 0.15) is 41.6 Å². The van der Waals surface area contributed by atoms with Gasteiger partial charge >= 0.3 is 0 Å². The van der Waals surface area contributed by atoms with Crippen molar-refractivity contribution in [2.24, 2.45) is 11.7 Å². The van der Waals surface area contributed by atoms with Crippen molar-refractivity contribution in [2.45, 2.75) is 50.2 Å². The normalized spacial score (nSPS) is 22.2. The van der Waals surface area contributed by atoms with Gasteiger partial charge in [0.2, 0.25) is 20.0 Å². The Bertz CT molecular complexity index is 1410. The summed E-state index contributed by atoms with van der Waals surface area (Å²) in [4.78, 5) is 12.1. The third-order valence-electron chi connectivity index (χ3n) is 7.55. The summed E-state index contributed by atoms with van der Waals surface area (Å²) in [6, 6.07) is 8.42. The standard InChI is InChI=1S/C26H33F3N4O5S2/c27-22-16-24(29)23(28)14-18(22)15-25(30)19-12-20-6-7-21(13-19)33(20)40(37,38)11-9-32-39(35,36)10-8-31-26(34)17-4-2-1-3-5-17/h1-5,14,16,19-21,25,32H,6-13,15,30H2,(H,31,34)/t19-,20-,21+,25?. The lowest BCUT2D eigenvalue weighted by Gasteiger charge is -2.40. The number of amides is 1. The Morgan fingerprint density at radius 1 is 0.925 bits per heavy atom. The fourth-order valence-corrected chi connectivity index (χ4v) is 8.53. The van der Waals surface area contributed by atoms with Gasteiger partial charge in [0.1, 0.15) is 5.82 Å². The minimum Gasteiger partial charge on any atom is -0.351 e. The van der Waals surface area contributed by atoms with E-state index in [0.717, 1.165) is 6.07 Å². The zero-order chi connectivity index (χ0) is 29.1. The number of hydrogen-bond acceptors (Lipinski definition) is 6. The van der Waals surface area contributed by atoms with Crippen LogP contribution in [0.5, 0.6) is 0 Å². The van der Waals surface area contributed by atoms with E-state index < -0.39 is 61.0 Å². The number of benzene rings is 2. The first kappa shape index (κ1) is 30.4. The first-order chi connectivity index (χ1) is 18.9. The van der Waals surface area contributed by atoms with E-state index in [4.69, 9.17) is 5.73 Å². The molecule has 2 heterocycles. The summed E-state index contributed by atoms with van der Waals surface area (Å²) in [5.41, 5.74) is 6.68. The molecule has 0 aromatic heterocycles. The molecule has 2 fully saturated rings. The number of hydrogen-bond donors (Lipinski definition) is 3. The molecule has 0 saturated carbocycles. The van der Waals surface area contributed by atoms with Gasteiger partial charge in [0, 0.05) is 42.8 Å². The molecule has 4 rings (SSSR count). The third kappa shape index (κ3) is 7.40. The topological polar surface area (TPSA) is 139 Å². The first-order valence-corrected chi connectivity index (χ1v) is 16.3. The van der Waals surface area contributed by atoms with Crippen molar-refractivity contribution in [2.75, 3.05) is 24.6 Å². The molecule has 2 aliphatic heterocycles. The molecular formula is C26H33F3N4O5S2. The molecule has 0 spiro atoms. The van der Waals surface area contributed by atoms with Gasteiger partial charge in [-0.25, -0.2) is 34.7 Å². The number of nitrogens with one attached hydrogen (secondary N) is 2. The maximum absolute atomic E-state index is 14.1. The van der Waals surface area contributed by atoms with Gasteiger partial charge in [-0.3, -0.25) is 4.79 Å². The smallest absolute Gasteiger partial charge is 0.251 e. The fourth-order valence-electron chi connectivity index (χ4n) is 5.61. The maximum Gasteiger partial charge on any atom is 0.251 e. The van der Waals surface area contributed by atoms with Crippen LogP contribution in [0.15, 0.2) is 42.5 Å². The van der Waals surface area contributed by atoms with Crippen molar-refractivity contribution < 1.29 is 34.8 Å². The van der Waals surface area contributed by atoms with Crippen molar-refractivity contribution in [1.29, 1.82) is 0 Å². The van der Waals surface area contributed by atoms with Gasteiger partial charge in [0.15, 0.2) is 11.6 Å². The summed E-state index contributed by atoms with van der Waals surface area (Å²) in [6.07, 6.45) is 2.12. The SMILES string of the molecule is NC(Cc1cc(F)c(F)cc1F)[C@@H]1C[C@H]2CC[C@@H](C1)N2S(=O)(=O)CCNS(=O)(=O)CCNC(=O)c1ccccc1. The van der Waals surface area contributed by atoms with Gasteiger partial charge in [-0.05, 0) is 61.8 Å². The molecule has 2 bridgehead atoms. The fraction of sp³-hybridized carbons (Fsp3) is 0.500. The van der Waals surface area contributed by atoms with Crippen molar-refractivity contribution in [3.63, 3.8) is 0 Å². The number of nitrogens with two attached hydrogens (primary N) is 1. The van der Waals surface area contributed by atoms with Crippen LogP contribution in [0.4, 0.5) is 13.2 Å². The number of piperidine rings is 1. The van der Waals surface area contributed by atoms with Gasteiger partial charge in [-0.15, -0.1) is 0 Å². The summed E-state index contributed by atoms with van der Waals surface area (Å²) in [7, 11) is -7.62. The molecule has 2 aliphatic rings. The Balaban J connectivity index is 1.26. The van der Waals surface area contributed by atoms with Crippen LogP contribution in [0.2, 0.25) is 0 Å². The van der Waals surface area contributed by atoms with E-state index >= 15 is 0 Å². The number of carbonyl (C=O) groups is 1. The zero-order valence-electron chi connectivity index (χ0n) is 21.7. The van der Waals surface area contributed by atoms with Crippen LogP contribution in [-0.2, 0) is 26.5 Å². The summed E-state index contributed by atoms with van der Waals surface area (Å²) in [6.45, 7) is -0.451. The Kier molecular flexibility index (Phi) is 9.55. The highest BCUT2D eigenvalue weighted by Gasteiger charge is 2.47. The average molecular weight is 603 g/mol. The molecule has 1 unspecified atom stereocenters. The molecule has 0 radical (unpaired) electrons. The predicted octanol–water partition coefficient (Wildman–Crippen LogP) is 1.90. The highest BCUT2D eigenvalue weighted by atomic mass is 32.2. The van der Waals surface area contributed by atoms with Crippen LogP contribution >= 0.6 is 0 Å². The number of nitrogens with zero attached hydrogens (tertiary/aromatic N) is 1. The number of sulfonamides is 2. The molecule has 4 atom stereocenters. The van der Waals surface area contributed by atoms with Crippen LogP contribution < -0.4 is 15.8 Å². The summed E-state index contributed by atoms with van der Waals surface area (Å²) < 4.78 is 95.6. The van der Waals surface area contributed by atoms with Crippen molar-refractivity contribution in [3.8, 4) is 0 Å². The molecule has 2 aromatic carbocycles. The van der Waals surface area contributed by atoms with Gasteiger partial charge < -0.3 is 11.1 Å². The van der Waals surface area contributed by atoms with Crippen LogP contribution in [0.25, 0.3) is 0 Å². The maximum atomic E-state index is 14.1. The molecular weight excluding hydrogens is 569 g/mol. The molecule has 2 saturated heterocycles. The first-order valence-electron chi connectivity index (χ1n) is 13.1. The van der Waals surface area contributed by atoms with Crippen LogP contribution in [-0.4, -0.2) is 69.8 Å². The molecule has 14 heteroatoms. The van der Waals surface area contributed by atoms with E-state index in [2.05, 4.69) is 10.0 Å². The summed E-state index contributed by atoms with van der Waals surface area (Å²) in [5.74, 6) is -4.68. The van der Waals surface area contributed by atoms with E-state index in [1.807, 2.05) is 0 Å². The second kappa shape index (κ2) is 12.6.